The molecule has 3 N–H and O–H groups in total. The van der Waals surface area contributed by atoms with Gasteiger partial charge in [0, 0.05) is 31.8 Å². The highest BCUT2D eigenvalue weighted by Gasteiger charge is 2.38. The van der Waals surface area contributed by atoms with Crippen LogP contribution in [0.2, 0.25) is 0 Å². The molecule has 0 unspecified atom stereocenters. The molecule has 0 radical (unpaired) electrons. The fraction of sp³-hybridized carbons (Fsp3) is 0.667. The first kappa shape index (κ1) is 19.3. The van der Waals surface area contributed by atoms with Crippen molar-refractivity contribution in [1.82, 2.24) is 25.7 Å². The first-order valence-corrected chi connectivity index (χ1v) is 9.55. The minimum atomic E-state index is -0.250. The third-order valence-corrected chi connectivity index (χ3v) is 5.10. The summed E-state index contributed by atoms with van der Waals surface area (Å²) < 4.78 is 5.93. The number of nitrogens with zero attached hydrogens (tertiary/aromatic N) is 2. The van der Waals surface area contributed by atoms with Crippen molar-refractivity contribution < 1.29 is 19.1 Å². The van der Waals surface area contributed by atoms with Crippen molar-refractivity contribution in [2.75, 3.05) is 26.2 Å². The second-order valence-corrected chi connectivity index (χ2v) is 7.10. The molecule has 148 valence electrons. The number of carbonyl (C=O) groups is 3. The van der Waals surface area contributed by atoms with Crippen molar-refractivity contribution in [2.45, 2.75) is 44.8 Å². The van der Waals surface area contributed by atoms with Crippen molar-refractivity contribution in [3.63, 3.8) is 0 Å². The molecule has 3 rings (SSSR count). The lowest BCUT2D eigenvalue weighted by Gasteiger charge is -2.38. The van der Waals surface area contributed by atoms with E-state index in [0.717, 1.165) is 6.42 Å². The van der Waals surface area contributed by atoms with Crippen LogP contribution in [0.3, 0.4) is 0 Å². The number of hydrogen-bond donors (Lipinski definition) is 3. The van der Waals surface area contributed by atoms with Crippen molar-refractivity contribution in [3.8, 4) is 0 Å². The lowest BCUT2D eigenvalue weighted by atomic mass is 9.82. The third kappa shape index (κ3) is 4.85. The van der Waals surface area contributed by atoms with Crippen LogP contribution in [0.4, 0.5) is 0 Å². The summed E-state index contributed by atoms with van der Waals surface area (Å²) in [5.41, 5.74) is 0.449. The molecule has 27 heavy (non-hydrogen) atoms. The van der Waals surface area contributed by atoms with Gasteiger partial charge in [0.1, 0.15) is 0 Å². The smallest absolute Gasteiger partial charge is 0.254 e. The number of rotatable bonds is 6. The molecule has 0 bridgehead atoms. The van der Waals surface area contributed by atoms with E-state index in [2.05, 4.69) is 20.8 Å². The van der Waals surface area contributed by atoms with Crippen LogP contribution in [-0.2, 0) is 14.3 Å². The molecule has 2 aliphatic rings. The van der Waals surface area contributed by atoms with Gasteiger partial charge in [-0.15, -0.1) is 0 Å². The average Bonchev–Trinajstić information content (AvgIpc) is 3.21. The monoisotopic (exact) mass is 377 g/mol. The fourth-order valence-electron chi connectivity index (χ4n) is 3.70. The SMILES string of the molecule is CCCO[C@@H]1CC[C@H](C(=O)N2CCNC(=O)C2)C[C@H]1NC(=O)c1cn[nH]c1. The molecule has 2 fully saturated rings. The molecule has 2 heterocycles. The van der Waals surface area contributed by atoms with E-state index in [-0.39, 0.29) is 42.3 Å². The lowest BCUT2D eigenvalue weighted by Crippen LogP contribution is -2.54. The van der Waals surface area contributed by atoms with E-state index >= 15 is 0 Å². The zero-order chi connectivity index (χ0) is 19.2. The van der Waals surface area contributed by atoms with Gasteiger partial charge in [0.15, 0.2) is 0 Å². The number of piperazine rings is 1. The Balaban J connectivity index is 1.65. The highest BCUT2D eigenvalue weighted by atomic mass is 16.5. The number of aromatic nitrogens is 2. The molecule has 9 heteroatoms. The zero-order valence-electron chi connectivity index (χ0n) is 15.6. The van der Waals surface area contributed by atoms with Crippen molar-refractivity contribution in [3.05, 3.63) is 18.0 Å². The van der Waals surface area contributed by atoms with E-state index in [0.29, 0.717) is 44.5 Å². The summed E-state index contributed by atoms with van der Waals surface area (Å²) in [5.74, 6) is -0.586. The molecule has 1 aromatic heterocycles. The highest BCUT2D eigenvalue weighted by Crippen LogP contribution is 2.29. The van der Waals surface area contributed by atoms with Crippen LogP contribution in [0, 0.1) is 5.92 Å². The molecule has 1 aromatic rings. The molecule has 0 spiro atoms. The number of aromatic amines is 1. The Morgan fingerprint density at radius 3 is 2.96 bits per heavy atom. The number of nitrogens with one attached hydrogen (secondary N) is 3. The van der Waals surface area contributed by atoms with Crippen LogP contribution >= 0.6 is 0 Å². The second-order valence-electron chi connectivity index (χ2n) is 7.10. The van der Waals surface area contributed by atoms with Gasteiger partial charge in [-0.3, -0.25) is 19.5 Å². The van der Waals surface area contributed by atoms with Crippen LogP contribution in [0.5, 0.6) is 0 Å². The molecule has 0 aromatic carbocycles. The Kier molecular flexibility index (Phi) is 6.44. The van der Waals surface area contributed by atoms with Crippen molar-refractivity contribution >= 4 is 17.7 Å². The van der Waals surface area contributed by atoms with Gasteiger partial charge < -0.3 is 20.3 Å². The predicted octanol–water partition coefficient (Wildman–Crippen LogP) is 0.0618. The first-order chi connectivity index (χ1) is 13.1. The number of carbonyl (C=O) groups excluding carboxylic acids is 3. The normalized spacial score (nSPS) is 25.7. The average molecular weight is 377 g/mol. The van der Waals surface area contributed by atoms with Gasteiger partial charge in [-0.25, -0.2) is 0 Å². The summed E-state index contributed by atoms with van der Waals surface area (Å²) in [6.45, 7) is 3.78. The molecule has 1 aliphatic carbocycles. The Morgan fingerprint density at radius 2 is 2.26 bits per heavy atom. The summed E-state index contributed by atoms with van der Waals surface area (Å²) in [6.07, 6.45) is 5.69. The topological polar surface area (TPSA) is 116 Å². The van der Waals surface area contributed by atoms with Gasteiger partial charge >= 0.3 is 0 Å². The molecule has 1 saturated heterocycles. The Labute approximate surface area is 158 Å². The van der Waals surface area contributed by atoms with E-state index in [1.54, 1.807) is 4.90 Å². The van der Waals surface area contributed by atoms with Crippen LogP contribution in [-0.4, -0.2) is 71.2 Å². The summed E-state index contributed by atoms with van der Waals surface area (Å²) in [7, 11) is 0. The maximum atomic E-state index is 12.9. The Hall–Kier alpha value is -2.42. The van der Waals surface area contributed by atoms with E-state index in [1.165, 1.54) is 12.4 Å². The third-order valence-electron chi connectivity index (χ3n) is 5.10. The zero-order valence-corrected chi connectivity index (χ0v) is 15.6. The van der Waals surface area contributed by atoms with E-state index in [1.807, 2.05) is 6.92 Å². The minimum absolute atomic E-state index is 0.0126. The van der Waals surface area contributed by atoms with E-state index in [4.69, 9.17) is 4.74 Å². The standard InChI is InChI=1S/C18H27N5O4/c1-2-7-27-15-4-3-12(18(26)23-6-5-19-16(24)11-23)8-14(15)22-17(25)13-9-20-21-10-13/h9-10,12,14-15H,2-8,11H2,1H3,(H,19,24)(H,20,21)(H,22,25)/t12-,14+,15+/m0/s1. The van der Waals surface area contributed by atoms with Gasteiger partial charge in [-0.05, 0) is 25.7 Å². The van der Waals surface area contributed by atoms with Gasteiger partial charge in [0.25, 0.3) is 5.91 Å². The molecule has 3 amide bonds. The molecule has 1 aliphatic heterocycles. The number of ether oxygens (including phenoxy) is 1. The van der Waals surface area contributed by atoms with Crippen molar-refractivity contribution in [2.24, 2.45) is 5.92 Å². The lowest BCUT2D eigenvalue weighted by molar-refractivity contribution is -0.143. The Bertz CT molecular complexity index is 663. The van der Waals surface area contributed by atoms with Crippen LogP contribution < -0.4 is 10.6 Å². The second kappa shape index (κ2) is 8.98. The van der Waals surface area contributed by atoms with E-state index in [9.17, 15) is 14.4 Å². The summed E-state index contributed by atoms with van der Waals surface area (Å²) in [4.78, 5) is 38.5. The van der Waals surface area contributed by atoms with Gasteiger partial charge in [0.05, 0.1) is 30.5 Å². The number of hydrogen-bond acceptors (Lipinski definition) is 5. The van der Waals surface area contributed by atoms with Gasteiger partial charge in [-0.1, -0.05) is 6.92 Å². The molecular formula is C18H27N5O4. The molecule has 9 nitrogen and oxygen atoms in total. The summed E-state index contributed by atoms with van der Waals surface area (Å²) >= 11 is 0. The maximum Gasteiger partial charge on any atom is 0.254 e. The molecule has 3 atom stereocenters. The molecular weight excluding hydrogens is 350 g/mol. The predicted molar refractivity (Wildman–Crippen MR) is 96.8 cm³/mol. The van der Waals surface area contributed by atoms with Gasteiger partial charge in [-0.2, -0.15) is 5.10 Å². The van der Waals surface area contributed by atoms with Crippen molar-refractivity contribution in [1.29, 1.82) is 0 Å². The Morgan fingerprint density at radius 1 is 1.41 bits per heavy atom. The first-order valence-electron chi connectivity index (χ1n) is 9.55. The largest absolute Gasteiger partial charge is 0.376 e. The quantitative estimate of drug-likeness (QED) is 0.648. The summed E-state index contributed by atoms with van der Waals surface area (Å²) in [6, 6.07) is -0.250. The van der Waals surface area contributed by atoms with Gasteiger partial charge in [0.2, 0.25) is 11.8 Å². The number of H-pyrrole nitrogens is 1. The number of amides is 3. The van der Waals surface area contributed by atoms with Crippen LogP contribution in [0.1, 0.15) is 43.0 Å². The molecule has 1 saturated carbocycles. The maximum absolute atomic E-state index is 12.9. The fourth-order valence-corrected chi connectivity index (χ4v) is 3.70. The minimum Gasteiger partial charge on any atom is -0.376 e. The summed E-state index contributed by atoms with van der Waals surface area (Å²) in [5, 5.41) is 12.2. The van der Waals surface area contributed by atoms with E-state index < -0.39 is 0 Å². The highest BCUT2D eigenvalue weighted by molar-refractivity contribution is 5.94. The van der Waals surface area contributed by atoms with Crippen LogP contribution in [0.25, 0.3) is 0 Å². The van der Waals surface area contributed by atoms with Crippen LogP contribution in [0.15, 0.2) is 12.4 Å².